The molecule has 0 spiro atoms. The summed E-state index contributed by atoms with van der Waals surface area (Å²) in [5.41, 5.74) is 0.760. The lowest BCUT2D eigenvalue weighted by Gasteiger charge is -2.35. The van der Waals surface area contributed by atoms with Crippen molar-refractivity contribution in [3.05, 3.63) is 18.2 Å². The fourth-order valence-electron chi connectivity index (χ4n) is 3.39. The highest BCUT2D eigenvalue weighted by Gasteiger charge is 2.25. The minimum absolute atomic E-state index is 0.0142. The fraction of sp³-hybridized carbons (Fsp3) is 0.625. The predicted octanol–water partition coefficient (Wildman–Crippen LogP) is 0.443. The number of nitrogens with one attached hydrogen (secondary N) is 1. The smallest absolute Gasteiger partial charge is 0.317 e. The van der Waals surface area contributed by atoms with Gasteiger partial charge in [-0.3, -0.25) is 4.40 Å². The van der Waals surface area contributed by atoms with Crippen LogP contribution in [0, 0.1) is 6.92 Å². The molecule has 1 N–H and O–H groups in total. The van der Waals surface area contributed by atoms with Crippen LogP contribution in [0.4, 0.5) is 10.6 Å². The average molecular weight is 345 g/mol. The Morgan fingerprint density at radius 3 is 2.92 bits per heavy atom. The van der Waals surface area contributed by atoms with Crippen LogP contribution in [0.25, 0.3) is 5.65 Å². The van der Waals surface area contributed by atoms with Gasteiger partial charge >= 0.3 is 6.03 Å². The number of urea groups is 1. The third-order valence-corrected chi connectivity index (χ3v) is 4.85. The number of rotatable bonds is 3. The largest absolute Gasteiger partial charge is 0.376 e. The van der Waals surface area contributed by atoms with E-state index in [0.29, 0.717) is 19.6 Å². The number of aryl methyl sites for hydroxylation is 1. The molecule has 0 saturated carbocycles. The van der Waals surface area contributed by atoms with Gasteiger partial charge in [0.05, 0.1) is 6.10 Å². The number of carbonyl (C=O) groups is 1. The molecule has 0 aromatic carbocycles. The normalized spacial score (nSPS) is 21.1. The molecule has 4 rings (SSSR count). The molecular weight excluding hydrogens is 322 g/mol. The van der Waals surface area contributed by atoms with Crippen molar-refractivity contribution < 1.29 is 9.53 Å². The molecule has 0 aliphatic carbocycles. The number of hydrogen-bond donors (Lipinski definition) is 1. The van der Waals surface area contributed by atoms with Gasteiger partial charge in [-0.1, -0.05) is 0 Å². The van der Waals surface area contributed by atoms with E-state index in [2.05, 4.69) is 25.4 Å². The molecule has 2 aromatic heterocycles. The van der Waals surface area contributed by atoms with Crippen LogP contribution < -0.4 is 10.2 Å². The zero-order chi connectivity index (χ0) is 17.2. The first-order valence-electron chi connectivity index (χ1n) is 8.78. The van der Waals surface area contributed by atoms with Crippen molar-refractivity contribution >= 4 is 17.5 Å². The summed E-state index contributed by atoms with van der Waals surface area (Å²) in [6.45, 7) is 6.09. The van der Waals surface area contributed by atoms with Gasteiger partial charge in [-0.05, 0) is 19.8 Å². The number of fused-ring (bicyclic) bond motifs is 1. The summed E-state index contributed by atoms with van der Waals surface area (Å²) in [7, 11) is 0. The Hall–Kier alpha value is -2.42. The highest BCUT2D eigenvalue weighted by Crippen LogP contribution is 2.19. The summed E-state index contributed by atoms with van der Waals surface area (Å²) < 4.78 is 7.48. The molecular formula is C16H23N7O2. The lowest BCUT2D eigenvalue weighted by Crippen LogP contribution is -2.52. The van der Waals surface area contributed by atoms with Gasteiger partial charge in [-0.25, -0.2) is 9.78 Å². The van der Waals surface area contributed by atoms with Crippen LogP contribution in [0.15, 0.2) is 12.4 Å². The molecule has 2 fully saturated rings. The molecule has 2 aliphatic heterocycles. The van der Waals surface area contributed by atoms with E-state index < -0.39 is 0 Å². The molecule has 9 nitrogen and oxygen atoms in total. The zero-order valence-corrected chi connectivity index (χ0v) is 14.4. The Balaban J connectivity index is 1.35. The van der Waals surface area contributed by atoms with Crippen LogP contribution in [0.5, 0.6) is 0 Å². The van der Waals surface area contributed by atoms with Gasteiger partial charge in [-0.2, -0.15) is 0 Å². The molecule has 0 bridgehead atoms. The van der Waals surface area contributed by atoms with Crippen LogP contribution in [0.1, 0.15) is 18.7 Å². The molecule has 25 heavy (non-hydrogen) atoms. The second kappa shape index (κ2) is 6.83. The maximum atomic E-state index is 12.3. The van der Waals surface area contributed by atoms with Gasteiger partial charge in [0.15, 0.2) is 5.82 Å². The number of aromatic nitrogens is 4. The number of hydrogen-bond acceptors (Lipinski definition) is 6. The SMILES string of the molecule is Cc1nnc2c(N3CCN(C(=O)NCC4CCCO4)CC3)nccn12. The van der Waals surface area contributed by atoms with E-state index >= 15 is 0 Å². The van der Waals surface area contributed by atoms with E-state index in [1.165, 1.54) is 0 Å². The highest BCUT2D eigenvalue weighted by atomic mass is 16.5. The van der Waals surface area contributed by atoms with Crippen molar-refractivity contribution in [1.29, 1.82) is 0 Å². The molecule has 1 atom stereocenters. The van der Waals surface area contributed by atoms with Crippen molar-refractivity contribution in [2.24, 2.45) is 0 Å². The van der Waals surface area contributed by atoms with Crippen molar-refractivity contribution in [2.45, 2.75) is 25.9 Å². The lowest BCUT2D eigenvalue weighted by molar-refractivity contribution is 0.108. The maximum absolute atomic E-state index is 12.3. The molecule has 2 aromatic rings. The van der Waals surface area contributed by atoms with Crippen molar-refractivity contribution in [1.82, 2.24) is 29.8 Å². The van der Waals surface area contributed by atoms with Gasteiger partial charge in [-0.15, -0.1) is 10.2 Å². The highest BCUT2D eigenvalue weighted by molar-refractivity contribution is 5.74. The summed E-state index contributed by atoms with van der Waals surface area (Å²) in [6, 6.07) is -0.0142. The average Bonchev–Trinajstić information content (AvgIpc) is 3.30. The number of nitrogens with zero attached hydrogens (tertiary/aromatic N) is 6. The number of carbonyl (C=O) groups excluding carboxylic acids is 1. The Morgan fingerprint density at radius 1 is 1.32 bits per heavy atom. The summed E-state index contributed by atoms with van der Waals surface area (Å²) in [5.74, 6) is 1.66. The van der Waals surface area contributed by atoms with Crippen LogP contribution in [-0.4, -0.2) is 75.9 Å². The summed E-state index contributed by atoms with van der Waals surface area (Å²) in [6.07, 6.45) is 5.91. The molecule has 1 unspecified atom stereocenters. The molecule has 134 valence electrons. The number of ether oxygens (including phenoxy) is 1. The van der Waals surface area contributed by atoms with E-state index in [9.17, 15) is 4.79 Å². The third-order valence-electron chi connectivity index (χ3n) is 4.85. The molecule has 9 heteroatoms. The zero-order valence-electron chi connectivity index (χ0n) is 14.4. The predicted molar refractivity (Wildman–Crippen MR) is 91.7 cm³/mol. The van der Waals surface area contributed by atoms with Gasteiger partial charge in [0.2, 0.25) is 5.65 Å². The quantitative estimate of drug-likeness (QED) is 0.869. The first-order valence-corrected chi connectivity index (χ1v) is 8.78. The standard InChI is InChI=1S/C16H23N7O2/c1-12-19-20-15-14(17-4-5-23(12)15)21-6-8-22(9-7-21)16(24)18-11-13-3-2-10-25-13/h4-5,13H,2-3,6-11H2,1H3,(H,18,24). The van der Waals surface area contributed by atoms with Gasteiger partial charge < -0.3 is 19.9 Å². The Kier molecular flexibility index (Phi) is 4.39. The van der Waals surface area contributed by atoms with E-state index in [-0.39, 0.29) is 12.1 Å². The summed E-state index contributed by atoms with van der Waals surface area (Å²) >= 11 is 0. The minimum Gasteiger partial charge on any atom is -0.376 e. The lowest BCUT2D eigenvalue weighted by atomic mass is 10.2. The van der Waals surface area contributed by atoms with Crippen molar-refractivity contribution in [3.8, 4) is 0 Å². The molecule has 0 radical (unpaired) electrons. The monoisotopic (exact) mass is 345 g/mol. The minimum atomic E-state index is -0.0142. The van der Waals surface area contributed by atoms with Crippen LogP contribution >= 0.6 is 0 Å². The second-order valence-electron chi connectivity index (χ2n) is 6.49. The van der Waals surface area contributed by atoms with Crippen molar-refractivity contribution in [2.75, 3.05) is 44.2 Å². The van der Waals surface area contributed by atoms with E-state index in [4.69, 9.17) is 4.74 Å². The summed E-state index contributed by atoms with van der Waals surface area (Å²) in [4.78, 5) is 20.8. The number of piperazine rings is 1. The molecule has 2 amide bonds. The first-order chi connectivity index (χ1) is 12.2. The van der Waals surface area contributed by atoms with E-state index in [1.807, 2.05) is 22.4 Å². The van der Waals surface area contributed by atoms with Gasteiger partial charge in [0.1, 0.15) is 5.82 Å². The van der Waals surface area contributed by atoms with Crippen LogP contribution in [-0.2, 0) is 4.74 Å². The van der Waals surface area contributed by atoms with E-state index in [1.54, 1.807) is 6.20 Å². The number of amides is 2. The van der Waals surface area contributed by atoms with Crippen molar-refractivity contribution in [3.63, 3.8) is 0 Å². The van der Waals surface area contributed by atoms with Crippen LogP contribution in [0.3, 0.4) is 0 Å². The van der Waals surface area contributed by atoms with Gasteiger partial charge in [0, 0.05) is 51.7 Å². The van der Waals surface area contributed by atoms with E-state index in [0.717, 1.165) is 49.8 Å². The molecule has 2 aliphatic rings. The Bertz CT molecular complexity index is 748. The first kappa shape index (κ1) is 16.1. The Morgan fingerprint density at radius 2 is 2.16 bits per heavy atom. The van der Waals surface area contributed by atoms with Gasteiger partial charge in [0.25, 0.3) is 0 Å². The second-order valence-corrected chi connectivity index (χ2v) is 6.49. The topological polar surface area (TPSA) is 87.9 Å². The summed E-state index contributed by atoms with van der Waals surface area (Å²) in [5, 5.41) is 11.3. The van der Waals surface area contributed by atoms with Crippen LogP contribution in [0.2, 0.25) is 0 Å². The third kappa shape index (κ3) is 3.23. The maximum Gasteiger partial charge on any atom is 0.317 e. The molecule has 2 saturated heterocycles. The number of anilines is 1. The fourth-order valence-corrected chi connectivity index (χ4v) is 3.39. The molecule has 4 heterocycles. The Labute approximate surface area is 146 Å².